The average Bonchev–Trinajstić information content (AvgIpc) is 2.46. The minimum atomic E-state index is -0.454. The third-order valence-electron chi connectivity index (χ3n) is 3.68. The molecule has 5 heteroatoms. The maximum atomic E-state index is 12.4. The fourth-order valence-electron chi connectivity index (χ4n) is 2.58. The van der Waals surface area contributed by atoms with Crippen molar-refractivity contribution in [3.05, 3.63) is 39.9 Å². The Morgan fingerprint density at radius 1 is 1.37 bits per heavy atom. The van der Waals surface area contributed by atoms with Crippen molar-refractivity contribution in [1.82, 2.24) is 4.90 Å². The number of benzene rings is 1. The second-order valence-electron chi connectivity index (χ2n) is 4.86. The predicted molar refractivity (Wildman–Crippen MR) is 72.1 cm³/mol. The molecule has 1 saturated heterocycles. The molecule has 19 heavy (non-hydrogen) atoms. The second-order valence-corrected chi connectivity index (χ2v) is 4.86. The summed E-state index contributed by atoms with van der Waals surface area (Å²) in [5, 5.41) is 10.6. The van der Waals surface area contributed by atoms with E-state index in [0.717, 1.165) is 25.8 Å². The molecule has 1 aliphatic heterocycles. The summed E-state index contributed by atoms with van der Waals surface area (Å²) in [4.78, 5) is 24.5. The second kappa shape index (κ2) is 5.82. The molecule has 5 nitrogen and oxygen atoms in total. The number of non-ortho nitro benzene ring substituents is 1. The summed E-state index contributed by atoms with van der Waals surface area (Å²) in [7, 11) is 0. The standard InChI is InChI=1S/C14H18N2O3/c1-2-12-5-3-4-10-15(12)14(17)11-6-8-13(9-7-11)16(18)19/h6-9,12H,2-5,10H2,1H3/t12-/m1/s1. The molecule has 1 atom stereocenters. The van der Waals surface area contributed by atoms with Crippen molar-refractivity contribution in [2.24, 2.45) is 0 Å². The topological polar surface area (TPSA) is 63.5 Å². The smallest absolute Gasteiger partial charge is 0.269 e. The van der Waals surface area contributed by atoms with E-state index in [1.54, 1.807) is 12.1 Å². The molecule has 0 radical (unpaired) electrons. The summed E-state index contributed by atoms with van der Waals surface area (Å²) < 4.78 is 0. The molecular formula is C14H18N2O3. The molecular weight excluding hydrogens is 244 g/mol. The lowest BCUT2D eigenvalue weighted by Crippen LogP contribution is -2.43. The van der Waals surface area contributed by atoms with Crippen molar-refractivity contribution in [2.45, 2.75) is 38.6 Å². The van der Waals surface area contributed by atoms with Gasteiger partial charge in [0.15, 0.2) is 0 Å². The van der Waals surface area contributed by atoms with Crippen molar-refractivity contribution < 1.29 is 9.72 Å². The van der Waals surface area contributed by atoms with E-state index in [-0.39, 0.29) is 11.6 Å². The number of carbonyl (C=O) groups excluding carboxylic acids is 1. The van der Waals surface area contributed by atoms with Crippen LogP contribution < -0.4 is 0 Å². The number of piperidine rings is 1. The monoisotopic (exact) mass is 262 g/mol. The molecule has 0 unspecified atom stereocenters. The van der Waals surface area contributed by atoms with Crippen LogP contribution in [0.5, 0.6) is 0 Å². The summed E-state index contributed by atoms with van der Waals surface area (Å²) in [5.41, 5.74) is 0.549. The van der Waals surface area contributed by atoms with Gasteiger partial charge in [0.1, 0.15) is 0 Å². The number of nitro benzene ring substituents is 1. The molecule has 1 heterocycles. The molecule has 0 spiro atoms. The summed E-state index contributed by atoms with van der Waals surface area (Å²) >= 11 is 0. The van der Waals surface area contributed by atoms with Crippen LogP contribution in [0.15, 0.2) is 24.3 Å². The predicted octanol–water partition coefficient (Wildman–Crippen LogP) is 3.00. The Hall–Kier alpha value is -1.91. The van der Waals surface area contributed by atoms with Gasteiger partial charge in [-0.05, 0) is 37.8 Å². The minimum absolute atomic E-state index is 0.0125. The van der Waals surface area contributed by atoms with Crippen LogP contribution in [-0.4, -0.2) is 28.3 Å². The van der Waals surface area contributed by atoms with Gasteiger partial charge in [0.2, 0.25) is 0 Å². The van der Waals surface area contributed by atoms with Gasteiger partial charge >= 0.3 is 0 Å². The molecule has 1 aromatic rings. The van der Waals surface area contributed by atoms with Gasteiger partial charge in [-0.2, -0.15) is 0 Å². The van der Waals surface area contributed by atoms with Crippen LogP contribution in [0.4, 0.5) is 5.69 Å². The maximum Gasteiger partial charge on any atom is 0.269 e. The number of hydrogen-bond acceptors (Lipinski definition) is 3. The Kier molecular flexibility index (Phi) is 4.14. The molecule has 0 N–H and O–H groups in total. The molecule has 0 bridgehead atoms. The van der Waals surface area contributed by atoms with Crippen molar-refractivity contribution in [2.75, 3.05) is 6.54 Å². The van der Waals surface area contributed by atoms with Gasteiger partial charge in [0.05, 0.1) is 4.92 Å². The van der Waals surface area contributed by atoms with Gasteiger partial charge in [-0.1, -0.05) is 6.92 Å². The van der Waals surface area contributed by atoms with Crippen molar-refractivity contribution >= 4 is 11.6 Å². The highest BCUT2D eigenvalue weighted by Crippen LogP contribution is 2.22. The maximum absolute atomic E-state index is 12.4. The first kappa shape index (κ1) is 13.5. The van der Waals surface area contributed by atoms with Crippen LogP contribution in [0.1, 0.15) is 43.0 Å². The largest absolute Gasteiger partial charge is 0.336 e. The van der Waals surface area contributed by atoms with Gasteiger partial charge in [-0.15, -0.1) is 0 Å². The number of likely N-dealkylation sites (tertiary alicyclic amines) is 1. The quantitative estimate of drug-likeness (QED) is 0.621. The van der Waals surface area contributed by atoms with Crippen LogP contribution in [0, 0.1) is 10.1 Å². The summed E-state index contributed by atoms with van der Waals surface area (Å²) in [5.74, 6) is -0.0125. The zero-order valence-electron chi connectivity index (χ0n) is 11.0. The Morgan fingerprint density at radius 3 is 2.63 bits per heavy atom. The number of carbonyl (C=O) groups is 1. The van der Waals surface area contributed by atoms with E-state index in [4.69, 9.17) is 0 Å². The molecule has 0 saturated carbocycles. The lowest BCUT2D eigenvalue weighted by molar-refractivity contribution is -0.384. The lowest BCUT2D eigenvalue weighted by atomic mass is 9.99. The van der Waals surface area contributed by atoms with Gasteiger partial charge in [-0.3, -0.25) is 14.9 Å². The van der Waals surface area contributed by atoms with Crippen molar-refractivity contribution in [3.63, 3.8) is 0 Å². The van der Waals surface area contributed by atoms with Gasteiger partial charge in [-0.25, -0.2) is 0 Å². The molecule has 1 aliphatic rings. The van der Waals surface area contributed by atoms with E-state index < -0.39 is 4.92 Å². The third kappa shape index (κ3) is 2.92. The Bertz CT molecular complexity index is 470. The first-order chi connectivity index (χ1) is 9.13. The number of nitrogens with zero attached hydrogens (tertiary/aromatic N) is 2. The summed E-state index contributed by atoms with van der Waals surface area (Å²) in [6.07, 6.45) is 4.21. The van der Waals surface area contributed by atoms with Crippen LogP contribution in [-0.2, 0) is 0 Å². The Morgan fingerprint density at radius 2 is 2.05 bits per heavy atom. The zero-order chi connectivity index (χ0) is 13.8. The molecule has 102 valence electrons. The normalized spacial score (nSPS) is 19.2. The first-order valence-corrected chi connectivity index (χ1v) is 6.69. The lowest BCUT2D eigenvalue weighted by Gasteiger charge is -2.35. The van der Waals surface area contributed by atoms with Crippen LogP contribution in [0.3, 0.4) is 0 Å². The average molecular weight is 262 g/mol. The SMILES string of the molecule is CC[C@@H]1CCCCN1C(=O)c1ccc([N+](=O)[O-])cc1. The highest BCUT2D eigenvalue weighted by atomic mass is 16.6. The van der Waals surface area contributed by atoms with Gasteiger partial charge in [0.25, 0.3) is 11.6 Å². The number of amides is 1. The highest BCUT2D eigenvalue weighted by Gasteiger charge is 2.26. The van der Waals surface area contributed by atoms with Crippen LogP contribution in [0.2, 0.25) is 0 Å². The fraction of sp³-hybridized carbons (Fsp3) is 0.500. The van der Waals surface area contributed by atoms with E-state index in [2.05, 4.69) is 6.92 Å². The Balaban J connectivity index is 2.16. The van der Waals surface area contributed by atoms with E-state index in [0.29, 0.717) is 11.6 Å². The number of hydrogen-bond donors (Lipinski definition) is 0. The van der Waals surface area contributed by atoms with Crippen LogP contribution >= 0.6 is 0 Å². The third-order valence-corrected chi connectivity index (χ3v) is 3.68. The van der Waals surface area contributed by atoms with Crippen molar-refractivity contribution in [3.8, 4) is 0 Å². The molecule has 2 rings (SSSR count). The fourth-order valence-corrected chi connectivity index (χ4v) is 2.58. The van der Waals surface area contributed by atoms with Gasteiger partial charge in [0, 0.05) is 30.3 Å². The van der Waals surface area contributed by atoms with Gasteiger partial charge < -0.3 is 4.90 Å². The summed E-state index contributed by atoms with van der Waals surface area (Å²) in [6.45, 7) is 2.88. The molecule has 1 aromatic carbocycles. The van der Waals surface area contributed by atoms with E-state index in [9.17, 15) is 14.9 Å². The molecule has 0 aromatic heterocycles. The van der Waals surface area contributed by atoms with E-state index in [1.807, 2.05) is 4.90 Å². The number of rotatable bonds is 3. The molecule has 0 aliphatic carbocycles. The number of nitro groups is 1. The summed E-state index contributed by atoms with van der Waals surface area (Å²) in [6, 6.07) is 6.16. The molecule has 1 fully saturated rings. The van der Waals surface area contributed by atoms with E-state index in [1.165, 1.54) is 18.6 Å². The highest BCUT2D eigenvalue weighted by molar-refractivity contribution is 5.94. The van der Waals surface area contributed by atoms with E-state index >= 15 is 0 Å². The zero-order valence-corrected chi connectivity index (χ0v) is 11.0. The minimum Gasteiger partial charge on any atom is -0.336 e. The molecule has 1 amide bonds. The van der Waals surface area contributed by atoms with Crippen LogP contribution in [0.25, 0.3) is 0 Å². The first-order valence-electron chi connectivity index (χ1n) is 6.69. The van der Waals surface area contributed by atoms with Crippen molar-refractivity contribution in [1.29, 1.82) is 0 Å². The Labute approximate surface area is 112 Å².